The predicted octanol–water partition coefficient (Wildman–Crippen LogP) is 3.47. The zero-order chi connectivity index (χ0) is 14.5. The molecule has 0 spiro atoms. The molecule has 0 fully saturated rings. The first kappa shape index (κ1) is 16.0. The summed E-state index contributed by atoms with van der Waals surface area (Å²) < 4.78 is 11.5. The Bertz CT molecular complexity index is 396. The van der Waals surface area contributed by atoms with E-state index in [9.17, 15) is 0 Å². The maximum Gasteiger partial charge on any atom is 0.124 e. The summed E-state index contributed by atoms with van der Waals surface area (Å²) in [6, 6.07) is 6.59. The van der Waals surface area contributed by atoms with E-state index in [0.717, 1.165) is 5.75 Å². The van der Waals surface area contributed by atoms with Crippen LogP contribution in [0.15, 0.2) is 18.2 Å². The normalized spacial score (nSPS) is 13.4. The van der Waals surface area contributed by atoms with Crippen LogP contribution in [0.3, 0.4) is 0 Å². The van der Waals surface area contributed by atoms with Crippen molar-refractivity contribution >= 4 is 0 Å². The van der Waals surface area contributed by atoms with E-state index >= 15 is 0 Å². The summed E-state index contributed by atoms with van der Waals surface area (Å²) in [4.78, 5) is 0. The number of nitrogens with one attached hydrogen (secondary N) is 1. The Morgan fingerprint density at radius 2 is 1.89 bits per heavy atom. The lowest BCUT2D eigenvalue weighted by atomic mass is 10.1. The van der Waals surface area contributed by atoms with Crippen molar-refractivity contribution in [3.8, 4) is 5.75 Å². The zero-order valence-electron chi connectivity index (χ0n) is 13.0. The molecule has 0 bridgehead atoms. The van der Waals surface area contributed by atoms with E-state index in [-0.39, 0.29) is 11.6 Å². The Kier molecular flexibility index (Phi) is 5.83. The summed E-state index contributed by atoms with van der Waals surface area (Å²) in [6.07, 6.45) is 0. The van der Waals surface area contributed by atoms with Crippen molar-refractivity contribution in [2.75, 3.05) is 20.3 Å². The second-order valence-electron chi connectivity index (χ2n) is 5.86. The van der Waals surface area contributed by atoms with E-state index in [0.29, 0.717) is 13.2 Å². The first-order valence-electron chi connectivity index (χ1n) is 6.88. The SMILES string of the molecule is CNC(C)c1ccc(C)cc1OCCOC(C)(C)C. The maximum absolute atomic E-state index is 5.87. The van der Waals surface area contributed by atoms with Crippen LogP contribution < -0.4 is 10.1 Å². The molecular formula is C16H27NO2. The first-order chi connectivity index (χ1) is 8.83. The molecule has 0 amide bonds. The number of ether oxygens (including phenoxy) is 2. The molecule has 108 valence electrons. The molecule has 1 unspecified atom stereocenters. The fourth-order valence-corrected chi connectivity index (χ4v) is 1.78. The average molecular weight is 265 g/mol. The topological polar surface area (TPSA) is 30.5 Å². The van der Waals surface area contributed by atoms with Gasteiger partial charge in [-0.1, -0.05) is 12.1 Å². The second kappa shape index (κ2) is 6.92. The van der Waals surface area contributed by atoms with Crippen molar-refractivity contribution in [3.05, 3.63) is 29.3 Å². The third-order valence-corrected chi connectivity index (χ3v) is 2.94. The van der Waals surface area contributed by atoms with Crippen LogP contribution in [0.25, 0.3) is 0 Å². The summed E-state index contributed by atoms with van der Waals surface area (Å²) in [5, 5.41) is 3.24. The van der Waals surface area contributed by atoms with Gasteiger partial charge in [-0.25, -0.2) is 0 Å². The molecule has 0 radical (unpaired) electrons. The summed E-state index contributed by atoms with van der Waals surface area (Å²) in [5.74, 6) is 0.944. The molecule has 19 heavy (non-hydrogen) atoms. The molecular weight excluding hydrogens is 238 g/mol. The highest BCUT2D eigenvalue weighted by molar-refractivity contribution is 5.39. The Balaban J connectivity index is 2.63. The fraction of sp³-hybridized carbons (Fsp3) is 0.625. The molecule has 1 rings (SSSR count). The van der Waals surface area contributed by atoms with Crippen molar-refractivity contribution in [2.45, 2.75) is 46.3 Å². The molecule has 0 saturated carbocycles. The van der Waals surface area contributed by atoms with Gasteiger partial charge in [-0.2, -0.15) is 0 Å². The van der Waals surface area contributed by atoms with Crippen LogP contribution in [0.4, 0.5) is 0 Å². The summed E-state index contributed by atoms with van der Waals surface area (Å²) >= 11 is 0. The minimum absolute atomic E-state index is 0.114. The molecule has 0 saturated heterocycles. The molecule has 1 atom stereocenters. The van der Waals surface area contributed by atoms with Gasteiger partial charge in [-0.15, -0.1) is 0 Å². The number of benzene rings is 1. The largest absolute Gasteiger partial charge is 0.491 e. The smallest absolute Gasteiger partial charge is 0.124 e. The second-order valence-corrected chi connectivity index (χ2v) is 5.86. The number of aryl methyl sites for hydroxylation is 1. The van der Waals surface area contributed by atoms with Gasteiger partial charge in [0.2, 0.25) is 0 Å². The van der Waals surface area contributed by atoms with Gasteiger partial charge in [-0.3, -0.25) is 0 Å². The standard InChI is InChI=1S/C16H27NO2/c1-12-7-8-14(13(2)17-6)15(11-12)18-9-10-19-16(3,4)5/h7-8,11,13,17H,9-10H2,1-6H3. The van der Waals surface area contributed by atoms with E-state index < -0.39 is 0 Å². The average Bonchev–Trinajstić information content (AvgIpc) is 2.33. The van der Waals surface area contributed by atoms with E-state index in [1.54, 1.807) is 0 Å². The molecule has 0 aliphatic rings. The lowest BCUT2D eigenvalue weighted by Crippen LogP contribution is -2.23. The van der Waals surface area contributed by atoms with Crippen molar-refractivity contribution in [1.29, 1.82) is 0 Å². The van der Waals surface area contributed by atoms with Crippen LogP contribution in [0.2, 0.25) is 0 Å². The van der Waals surface area contributed by atoms with Gasteiger partial charge >= 0.3 is 0 Å². The highest BCUT2D eigenvalue weighted by atomic mass is 16.5. The minimum Gasteiger partial charge on any atom is -0.491 e. The van der Waals surface area contributed by atoms with E-state index in [1.165, 1.54) is 11.1 Å². The van der Waals surface area contributed by atoms with Crippen LogP contribution in [0.1, 0.15) is 44.9 Å². The monoisotopic (exact) mass is 265 g/mol. The molecule has 3 nitrogen and oxygen atoms in total. The molecule has 1 aromatic carbocycles. The van der Waals surface area contributed by atoms with Gasteiger partial charge in [-0.05, 0) is 53.3 Å². The minimum atomic E-state index is -0.114. The maximum atomic E-state index is 5.87. The first-order valence-corrected chi connectivity index (χ1v) is 6.88. The van der Waals surface area contributed by atoms with E-state index in [4.69, 9.17) is 9.47 Å². The quantitative estimate of drug-likeness (QED) is 0.799. The van der Waals surface area contributed by atoms with Crippen LogP contribution in [0.5, 0.6) is 5.75 Å². The van der Waals surface area contributed by atoms with Gasteiger partial charge in [0.1, 0.15) is 12.4 Å². The van der Waals surface area contributed by atoms with Gasteiger partial charge in [0.25, 0.3) is 0 Å². The Morgan fingerprint density at radius 3 is 2.47 bits per heavy atom. The van der Waals surface area contributed by atoms with Crippen molar-refractivity contribution < 1.29 is 9.47 Å². The Morgan fingerprint density at radius 1 is 1.21 bits per heavy atom. The van der Waals surface area contributed by atoms with Gasteiger partial charge in [0, 0.05) is 11.6 Å². The Labute approximate surface area is 117 Å². The highest BCUT2D eigenvalue weighted by Gasteiger charge is 2.12. The molecule has 1 N–H and O–H groups in total. The molecule has 0 aliphatic carbocycles. The summed E-state index contributed by atoms with van der Waals surface area (Å²) in [7, 11) is 1.96. The molecule has 3 heteroatoms. The Hall–Kier alpha value is -1.06. The predicted molar refractivity (Wildman–Crippen MR) is 79.9 cm³/mol. The van der Waals surface area contributed by atoms with Crippen LogP contribution in [0, 0.1) is 6.92 Å². The van der Waals surface area contributed by atoms with E-state index in [1.807, 2.05) is 27.8 Å². The van der Waals surface area contributed by atoms with Gasteiger partial charge in [0.15, 0.2) is 0 Å². The number of hydrogen-bond donors (Lipinski definition) is 1. The van der Waals surface area contributed by atoms with Crippen LogP contribution in [-0.2, 0) is 4.74 Å². The zero-order valence-corrected chi connectivity index (χ0v) is 13.0. The lowest BCUT2D eigenvalue weighted by molar-refractivity contribution is -0.0164. The lowest BCUT2D eigenvalue weighted by Gasteiger charge is -2.21. The van der Waals surface area contributed by atoms with Crippen molar-refractivity contribution in [2.24, 2.45) is 0 Å². The summed E-state index contributed by atoms with van der Waals surface area (Å²) in [5.41, 5.74) is 2.28. The third kappa shape index (κ3) is 5.62. The van der Waals surface area contributed by atoms with Crippen molar-refractivity contribution in [1.82, 2.24) is 5.32 Å². The van der Waals surface area contributed by atoms with Crippen LogP contribution in [-0.4, -0.2) is 25.9 Å². The molecule has 1 aromatic rings. The fourth-order valence-electron chi connectivity index (χ4n) is 1.78. The third-order valence-electron chi connectivity index (χ3n) is 2.94. The molecule has 0 aromatic heterocycles. The highest BCUT2D eigenvalue weighted by Crippen LogP contribution is 2.26. The number of hydrogen-bond acceptors (Lipinski definition) is 3. The number of rotatable bonds is 6. The van der Waals surface area contributed by atoms with E-state index in [2.05, 4.69) is 37.4 Å². The molecule has 0 aliphatic heterocycles. The molecule has 0 heterocycles. The van der Waals surface area contributed by atoms with Gasteiger partial charge < -0.3 is 14.8 Å². The summed E-state index contributed by atoms with van der Waals surface area (Å²) in [6.45, 7) is 11.5. The van der Waals surface area contributed by atoms with Crippen molar-refractivity contribution in [3.63, 3.8) is 0 Å². The van der Waals surface area contributed by atoms with Gasteiger partial charge in [0.05, 0.1) is 12.2 Å². The van der Waals surface area contributed by atoms with Crippen LogP contribution >= 0.6 is 0 Å².